The zero-order chi connectivity index (χ0) is 7.56. The highest BCUT2D eigenvalue weighted by atomic mass is 32.1. The zero-order valence-electron chi connectivity index (χ0n) is 5.51. The summed E-state index contributed by atoms with van der Waals surface area (Å²) < 4.78 is 0. The number of hydrogen-bond donors (Lipinski definition) is 3. The van der Waals surface area contributed by atoms with Crippen molar-refractivity contribution in [3.63, 3.8) is 0 Å². The average Bonchev–Trinajstić information content (AvgIpc) is 2.30. The first-order chi connectivity index (χ1) is 4.77. The molecule has 54 valence electrons. The van der Waals surface area contributed by atoms with Crippen LogP contribution in [0.4, 0.5) is 10.9 Å². The minimum absolute atomic E-state index is 0.421. The number of nitrogen functional groups attached to an aromatic ring is 1. The molecule has 1 heterocycles. The molecule has 10 heavy (non-hydrogen) atoms. The Kier molecular flexibility index (Phi) is 1.86. The maximum atomic E-state index is 6.91. The van der Waals surface area contributed by atoms with Crippen LogP contribution in [0.15, 0.2) is 0 Å². The second-order valence-corrected chi connectivity index (χ2v) is 2.69. The van der Waals surface area contributed by atoms with Crippen LogP contribution in [-0.4, -0.2) is 18.2 Å². The van der Waals surface area contributed by atoms with Gasteiger partial charge in [-0.2, -0.15) is 0 Å². The molecule has 1 aromatic heterocycles. The van der Waals surface area contributed by atoms with Gasteiger partial charge in [0.25, 0.3) is 0 Å². The molecule has 0 saturated carbocycles. The molecule has 0 atom stereocenters. The van der Waals surface area contributed by atoms with Crippen LogP contribution in [0.1, 0.15) is 4.88 Å². The molecule has 0 aliphatic heterocycles. The van der Waals surface area contributed by atoms with Crippen molar-refractivity contribution >= 4 is 28.5 Å². The third kappa shape index (κ3) is 1.08. The molecule has 0 radical (unpaired) electrons. The molecule has 0 aromatic carbocycles. The molecule has 0 aliphatic rings. The van der Waals surface area contributed by atoms with Crippen LogP contribution in [0.25, 0.3) is 0 Å². The van der Waals surface area contributed by atoms with Gasteiger partial charge in [0.2, 0.25) is 0 Å². The summed E-state index contributed by atoms with van der Waals surface area (Å²) in [6.45, 7) is 0. The first kappa shape index (κ1) is 7.01. The minimum atomic E-state index is 0.421. The summed E-state index contributed by atoms with van der Waals surface area (Å²) in [6.07, 6.45) is 1.20. The summed E-state index contributed by atoms with van der Waals surface area (Å²) in [6, 6.07) is 0. The van der Waals surface area contributed by atoms with Crippen molar-refractivity contribution in [1.82, 2.24) is 4.98 Å². The summed E-state index contributed by atoms with van der Waals surface area (Å²) in [5.41, 5.74) is 5.44. The van der Waals surface area contributed by atoms with Gasteiger partial charge in [-0.3, -0.25) is 0 Å². The number of thiazole rings is 1. The maximum absolute atomic E-state index is 6.91. The molecule has 4 nitrogen and oxygen atoms in total. The van der Waals surface area contributed by atoms with Crippen molar-refractivity contribution in [3.8, 4) is 0 Å². The predicted octanol–water partition coefficient (Wildman–Crippen LogP) is 0.765. The van der Waals surface area contributed by atoms with E-state index >= 15 is 0 Å². The molecule has 5 heteroatoms. The quantitative estimate of drug-likeness (QED) is 0.553. The molecule has 0 amide bonds. The van der Waals surface area contributed by atoms with E-state index in [1.165, 1.54) is 17.6 Å². The normalized spacial score (nSPS) is 9.30. The fourth-order valence-electron chi connectivity index (χ4n) is 0.554. The number of rotatable bonds is 2. The standard InChI is InChI=1S/C5H8N4S/c1-8-5-9-4(7)3(2-6)10-5/h2,6H,7H2,1H3,(H,8,9). The summed E-state index contributed by atoms with van der Waals surface area (Å²) in [5.74, 6) is 0.421. The molecule has 1 rings (SSSR count). The van der Waals surface area contributed by atoms with Gasteiger partial charge in [0.15, 0.2) is 5.13 Å². The van der Waals surface area contributed by atoms with Crippen LogP contribution in [0.2, 0.25) is 0 Å². The molecule has 0 saturated heterocycles. The number of anilines is 2. The van der Waals surface area contributed by atoms with E-state index in [9.17, 15) is 0 Å². The summed E-state index contributed by atoms with van der Waals surface area (Å²) in [7, 11) is 1.77. The van der Waals surface area contributed by atoms with Crippen molar-refractivity contribution in [3.05, 3.63) is 4.88 Å². The molecule has 1 aromatic rings. The number of nitrogens with two attached hydrogens (primary N) is 1. The van der Waals surface area contributed by atoms with Crippen LogP contribution >= 0.6 is 11.3 Å². The van der Waals surface area contributed by atoms with Crippen LogP contribution in [0.5, 0.6) is 0 Å². The van der Waals surface area contributed by atoms with E-state index < -0.39 is 0 Å². The van der Waals surface area contributed by atoms with Crippen molar-refractivity contribution in [1.29, 1.82) is 5.41 Å². The second-order valence-electron chi connectivity index (χ2n) is 1.66. The minimum Gasteiger partial charge on any atom is -0.382 e. The lowest BCUT2D eigenvalue weighted by atomic mass is 10.5. The molecule has 0 bridgehead atoms. The van der Waals surface area contributed by atoms with Gasteiger partial charge in [-0.25, -0.2) is 4.98 Å². The van der Waals surface area contributed by atoms with E-state index in [0.717, 1.165) is 5.13 Å². The molecule has 0 spiro atoms. The largest absolute Gasteiger partial charge is 0.382 e. The number of nitrogens with one attached hydrogen (secondary N) is 2. The van der Waals surface area contributed by atoms with Gasteiger partial charge in [0, 0.05) is 13.3 Å². The van der Waals surface area contributed by atoms with E-state index in [0.29, 0.717) is 10.7 Å². The Bertz CT molecular complexity index is 242. The van der Waals surface area contributed by atoms with Gasteiger partial charge in [0.05, 0.1) is 4.88 Å². The third-order valence-corrected chi connectivity index (χ3v) is 2.06. The van der Waals surface area contributed by atoms with Crippen LogP contribution in [-0.2, 0) is 0 Å². The first-order valence-electron chi connectivity index (χ1n) is 2.72. The number of hydrogen-bond acceptors (Lipinski definition) is 5. The van der Waals surface area contributed by atoms with Crippen LogP contribution in [0.3, 0.4) is 0 Å². The van der Waals surface area contributed by atoms with Crippen molar-refractivity contribution in [2.75, 3.05) is 18.1 Å². The fraction of sp³-hybridized carbons (Fsp3) is 0.200. The van der Waals surface area contributed by atoms with E-state index in [1.54, 1.807) is 7.05 Å². The van der Waals surface area contributed by atoms with E-state index in [2.05, 4.69) is 10.3 Å². The first-order valence-corrected chi connectivity index (χ1v) is 3.54. The van der Waals surface area contributed by atoms with E-state index in [1.807, 2.05) is 0 Å². The highest BCUT2D eigenvalue weighted by molar-refractivity contribution is 7.17. The van der Waals surface area contributed by atoms with Crippen molar-refractivity contribution < 1.29 is 0 Å². The van der Waals surface area contributed by atoms with E-state index in [-0.39, 0.29) is 0 Å². The smallest absolute Gasteiger partial charge is 0.185 e. The van der Waals surface area contributed by atoms with E-state index in [4.69, 9.17) is 11.1 Å². The predicted molar refractivity (Wildman–Crippen MR) is 44.0 cm³/mol. The maximum Gasteiger partial charge on any atom is 0.185 e. The Morgan fingerprint density at radius 1 is 1.80 bits per heavy atom. The lowest BCUT2D eigenvalue weighted by Crippen LogP contribution is -1.90. The Balaban J connectivity index is 3.03. The Labute approximate surface area is 62.6 Å². The third-order valence-electron chi connectivity index (χ3n) is 1.03. The van der Waals surface area contributed by atoms with Gasteiger partial charge >= 0.3 is 0 Å². The Morgan fingerprint density at radius 2 is 2.50 bits per heavy atom. The molecular formula is C5H8N4S. The van der Waals surface area contributed by atoms with Gasteiger partial charge in [-0.05, 0) is 0 Å². The summed E-state index contributed by atoms with van der Waals surface area (Å²) >= 11 is 1.37. The Hall–Kier alpha value is -1.10. The number of nitrogens with zero attached hydrogens (tertiary/aromatic N) is 1. The highest BCUT2D eigenvalue weighted by Crippen LogP contribution is 2.21. The lowest BCUT2D eigenvalue weighted by Gasteiger charge is -1.85. The van der Waals surface area contributed by atoms with Gasteiger partial charge in [-0.1, -0.05) is 11.3 Å². The molecule has 4 N–H and O–H groups in total. The van der Waals surface area contributed by atoms with Crippen molar-refractivity contribution in [2.45, 2.75) is 0 Å². The fourth-order valence-corrected chi connectivity index (χ4v) is 1.22. The van der Waals surface area contributed by atoms with Crippen molar-refractivity contribution in [2.24, 2.45) is 0 Å². The molecule has 0 fully saturated rings. The van der Waals surface area contributed by atoms with Crippen LogP contribution < -0.4 is 11.1 Å². The summed E-state index contributed by atoms with van der Waals surface area (Å²) in [4.78, 5) is 4.63. The topological polar surface area (TPSA) is 74.8 Å². The Morgan fingerprint density at radius 3 is 2.80 bits per heavy atom. The summed E-state index contributed by atoms with van der Waals surface area (Å²) in [5, 5.41) is 10.5. The van der Waals surface area contributed by atoms with Gasteiger partial charge < -0.3 is 16.5 Å². The van der Waals surface area contributed by atoms with Gasteiger partial charge in [-0.15, -0.1) is 0 Å². The van der Waals surface area contributed by atoms with Gasteiger partial charge in [0.1, 0.15) is 5.82 Å². The molecule has 0 aliphatic carbocycles. The van der Waals surface area contributed by atoms with Crippen LogP contribution in [0, 0.1) is 5.41 Å². The number of aromatic nitrogens is 1. The SMILES string of the molecule is CNc1nc(N)c(C=N)s1. The second kappa shape index (κ2) is 2.66. The highest BCUT2D eigenvalue weighted by Gasteiger charge is 2.02. The lowest BCUT2D eigenvalue weighted by molar-refractivity contribution is 1.37. The molecular weight excluding hydrogens is 148 g/mol. The zero-order valence-corrected chi connectivity index (χ0v) is 6.33. The molecule has 0 unspecified atom stereocenters. The average molecular weight is 156 g/mol. The monoisotopic (exact) mass is 156 g/mol.